The number of methoxy groups -OCH3 is 1. The number of hydrogen-bond donors (Lipinski definition) is 1. The van der Waals surface area contributed by atoms with Crippen LogP contribution in [0.2, 0.25) is 0 Å². The van der Waals surface area contributed by atoms with Crippen molar-refractivity contribution in [3.63, 3.8) is 0 Å². The van der Waals surface area contributed by atoms with Gasteiger partial charge in [-0.1, -0.05) is 26.8 Å². The summed E-state index contributed by atoms with van der Waals surface area (Å²) < 4.78 is 18.7. The summed E-state index contributed by atoms with van der Waals surface area (Å²) in [4.78, 5) is 14.3. The van der Waals surface area contributed by atoms with Crippen LogP contribution in [0, 0.1) is 11.2 Å². The van der Waals surface area contributed by atoms with Crippen molar-refractivity contribution in [3.8, 4) is 5.75 Å². The van der Waals surface area contributed by atoms with Crippen LogP contribution in [0.4, 0.5) is 4.39 Å². The zero-order chi connectivity index (χ0) is 17.0. The zero-order valence-corrected chi connectivity index (χ0v) is 14.5. The number of benzene rings is 1. The Morgan fingerprint density at radius 2 is 2.00 bits per heavy atom. The Morgan fingerprint density at radius 3 is 2.52 bits per heavy atom. The average molecular weight is 322 g/mol. The van der Waals surface area contributed by atoms with Crippen LogP contribution in [0.1, 0.15) is 39.2 Å². The molecule has 0 bridgehead atoms. The average Bonchev–Trinajstić information content (AvgIpc) is 2.48. The summed E-state index contributed by atoms with van der Waals surface area (Å²) in [5.74, 6) is 0.0582. The second kappa shape index (κ2) is 7.30. The van der Waals surface area contributed by atoms with Crippen molar-refractivity contribution in [2.45, 2.75) is 46.2 Å². The first kappa shape index (κ1) is 17.7. The van der Waals surface area contributed by atoms with E-state index in [4.69, 9.17) is 4.74 Å². The Morgan fingerprint density at radius 1 is 1.35 bits per heavy atom. The van der Waals surface area contributed by atoms with Crippen molar-refractivity contribution in [1.29, 1.82) is 0 Å². The summed E-state index contributed by atoms with van der Waals surface area (Å²) in [7, 11) is 1.47. The number of amides is 1. The summed E-state index contributed by atoms with van der Waals surface area (Å²) in [6.45, 7) is 8.31. The first-order chi connectivity index (χ1) is 10.8. The number of rotatable bonds is 4. The van der Waals surface area contributed by atoms with Crippen LogP contribution >= 0.6 is 0 Å². The monoisotopic (exact) mass is 322 g/mol. The number of likely N-dealkylation sites (tertiary alicyclic amines) is 1. The molecule has 1 aliphatic rings. The van der Waals surface area contributed by atoms with E-state index in [1.165, 1.54) is 13.2 Å². The Balaban J connectivity index is 1.83. The normalized spacial score (nSPS) is 17.1. The maximum absolute atomic E-state index is 13.7. The Labute approximate surface area is 138 Å². The number of hydrogen-bond acceptors (Lipinski definition) is 3. The first-order valence-electron chi connectivity index (χ1n) is 8.15. The minimum absolute atomic E-state index is 0.105. The van der Waals surface area contributed by atoms with Gasteiger partial charge in [0.25, 0.3) is 0 Å². The van der Waals surface area contributed by atoms with Crippen molar-refractivity contribution < 1.29 is 13.9 Å². The highest BCUT2D eigenvalue weighted by Crippen LogP contribution is 2.21. The summed E-state index contributed by atoms with van der Waals surface area (Å²) in [5.41, 5.74) is 0.595. The van der Waals surface area contributed by atoms with Gasteiger partial charge in [-0.05, 0) is 30.5 Å². The van der Waals surface area contributed by atoms with Gasteiger partial charge >= 0.3 is 0 Å². The van der Waals surface area contributed by atoms with Gasteiger partial charge in [-0.2, -0.15) is 0 Å². The molecule has 1 fully saturated rings. The first-order valence-corrected chi connectivity index (χ1v) is 8.15. The molecular formula is C18H27FN2O2. The minimum atomic E-state index is -0.349. The fourth-order valence-corrected chi connectivity index (χ4v) is 2.70. The lowest BCUT2D eigenvalue weighted by atomic mass is 9.94. The molecule has 0 spiro atoms. The molecule has 1 N–H and O–H groups in total. The molecule has 0 unspecified atom stereocenters. The standard InChI is InChI=1S/C18H27FN2O2/c1-18(2,3)17(22)20-14-7-9-21(10-8-14)12-13-5-6-16(23-4)15(19)11-13/h5-6,11,14H,7-10,12H2,1-4H3,(H,20,22). The van der Waals surface area contributed by atoms with E-state index in [0.717, 1.165) is 38.0 Å². The van der Waals surface area contributed by atoms with Gasteiger partial charge in [0, 0.05) is 31.1 Å². The van der Waals surface area contributed by atoms with E-state index in [-0.39, 0.29) is 28.9 Å². The van der Waals surface area contributed by atoms with Crippen molar-refractivity contribution in [3.05, 3.63) is 29.6 Å². The lowest BCUT2D eigenvalue weighted by Gasteiger charge is -2.33. The van der Waals surface area contributed by atoms with Crippen LogP contribution in [0.5, 0.6) is 5.75 Å². The van der Waals surface area contributed by atoms with Crippen molar-refractivity contribution in [2.75, 3.05) is 20.2 Å². The maximum Gasteiger partial charge on any atom is 0.225 e. The van der Waals surface area contributed by atoms with Gasteiger partial charge in [0.2, 0.25) is 5.91 Å². The number of carbonyl (C=O) groups excluding carboxylic acids is 1. The van der Waals surface area contributed by atoms with Crippen molar-refractivity contribution in [2.24, 2.45) is 5.41 Å². The van der Waals surface area contributed by atoms with Gasteiger partial charge in [-0.25, -0.2) is 4.39 Å². The second-order valence-electron chi connectivity index (χ2n) is 7.24. The lowest BCUT2D eigenvalue weighted by Crippen LogP contribution is -2.47. The number of ether oxygens (including phenoxy) is 1. The van der Waals surface area contributed by atoms with Gasteiger partial charge in [0.05, 0.1) is 7.11 Å². The van der Waals surface area contributed by atoms with E-state index in [2.05, 4.69) is 10.2 Å². The molecule has 0 saturated carbocycles. The Kier molecular flexibility index (Phi) is 5.63. The minimum Gasteiger partial charge on any atom is -0.494 e. The molecule has 1 aliphatic heterocycles. The van der Waals surface area contributed by atoms with E-state index in [0.29, 0.717) is 0 Å². The third-order valence-corrected chi connectivity index (χ3v) is 4.23. The highest BCUT2D eigenvalue weighted by Gasteiger charge is 2.26. The van der Waals surface area contributed by atoms with Crippen LogP contribution in [0.3, 0.4) is 0 Å². The summed E-state index contributed by atoms with van der Waals surface area (Å²) in [6.07, 6.45) is 1.86. The summed E-state index contributed by atoms with van der Waals surface area (Å²) >= 11 is 0. The maximum atomic E-state index is 13.7. The molecule has 2 rings (SSSR count). The summed E-state index contributed by atoms with van der Waals surface area (Å²) in [5, 5.41) is 3.13. The third kappa shape index (κ3) is 4.93. The van der Waals surface area contributed by atoms with Crippen LogP contribution < -0.4 is 10.1 Å². The molecule has 0 aromatic heterocycles. The number of halogens is 1. The van der Waals surface area contributed by atoms with Gasteiger partial charge < -0.3 is 10.1 Å². The van der Waals surface area contributed by atoms with E-state index >= 15 is 0 Å². The fourth-order valence-electron chi connectivity index (χ4n) is 2.70. The smallest absolute Gasteiger partial charge is 0.225 e. The second-order valence-corrected chi connectivity index (χ2v) is 7.24. The highest BCUT2D eigenvalue weighted by atomic mass is 19.1. The molecule has 0 atom stereocenters. The molecule has 0 radical (unpaired) electrons. The SMILES string of the molecule is COc1ccc(CN2CCC(NC(=O)C(C)(C)C)CC2)cc1F. The molecule has 1 heterocycles. The van der Waals surface area contributed by atoms with E-state index < -0.39 is 0 Å². The van der Waals surface area contributed by atoms with Crippen LogP contribution in [-0.2, 0) is 11.3 Å². The van der Waals surface area contributed by atoms with Crippen LogP contribution in [0.25, 0.3) is 0 Å². The molecule has 1 amide bonds. The molecule has 1 aromatic carbocycles. The predicted molar refractivity (Wildman–Crippen MR) is 88.8 cm³/mol. The van der Waals surface area contributed by atoms with E-state index in [1.807, 2.05) is 26.8 Å². The fraction of sp³-hybridized carbons (Fsp3) is 0.611. The Hall–Kier alpha value is -1.62. The molecule has 5 heteroatoms. The molecule has 23 heavy (non-hydrogen) atoms. The number of nitrogens with one attached hydrogen (secondary N) is 1. The van der Waals surface area contributed by atoms with E-state index in [9.17, 15) is 9.18 Å². The number of carbonyl (C=O) groups is 1. The van der Waals surface area contributed by atoms with Gasteiger partial charge in [-0.3, -0.25) is 9.69 Å². The van der Waals surface area contributed by atoms with Crippen LogP contribution in [0.15, 0.2) is 18.2 Å². The quantitative estimate of drug-likeness (QED) is 0.926. The molecule has 4 nitrogen and oxygen atoms in total. The lowest BCUT2D eigenvalue weighted by molar-refractivity contribution is -0.129. The summed E-state index contributed by atoms with van der Waals surface area (Å²) in [6, 6.07) is 5.34. The molecule has 128 valence electrons. The topological polar surface area (TPSA) is 41.6 Å². The van der Waals surface area contributed by atoms with Gasteiger partial charge in [0.1, 0.15) is 0 Å². The Bertz CT molecular complexity index is 546. The third-order valence-electron chi connectivity index (χ3n) is 4.23. The van der Waals surface area contributed by atoms with Gasteiger partial charge in [-0.15, -0.1) is 0 Å². The highest BCUT2D eigenvalue weighted by molar-refractivity contribution is 5.81. The molecule has 1 saturated heterocycles. The van der Waals surface area contributed by atoms with Crippen molar-refractivity contribution >= 4 is 5.91 Å². The number of nitrogens with zero attached hydrogens (tertiary/aromatic N) is 1. The largest absolute Gasteiger partial charge is 0.494 e. The number of piperidine rings is 1. The van der Waals surface area contributed by atoms with Crippen LogP contribution in [-0.4, -0.2) is 37.0 Å². The molecule has 1 aromatic rings. The molecular weight excluding hydrogens is 295 g/mol. The van der Waals surface area contributed by atoms with Gasteiger partial charge in [0.15, 0.2) is 11.6 Å². The van der Waals surface area contributed by atoms with Crippen molar-refractivity contribution in [1.82, 2.24) is 10.2 Å². The molecule has 0 aliphatic carbocycles. The predicted octanol–water partition coefficient (Wildman–Crippen LogP) is 2.96. The zero-order valence-electron chi connectivity index (χ0n) is 14.5. The van der Waals surface area contributed by atoms with E-state index in [1.54, 1.807) is 6.07 Å².